The molecule has 2 aromatic rings. The maximum absolute atomic E-state index is 13.4. The number of nitrogens with zero attached hydrogens (tertiary/aromatic N) is 1. The van der Waals surface area contributed by atoms with Crippen LogP contribution >= 0.6 is 0 Å². The molecule has 5 rings (SSSR count). The molecule has 32 heavy (non-hydrogen) atoms. The number of sulfonamides is 1. The van der Waals surface area contributed by atoms with E-state index in [0.29, 0.717) is 48.0 Å². The number of benzene rings is 2. The van der Waals surface area contributed by atoms with E-state index in [1.807, 2.05) is 0 Å². The lowest BCUT2D eigenvalue weighted by atomic mass is 9.93. The molecule has 3 aliphatic rings. The van der Waals surface area contributed by atoms with Crippen molar-refractivity contribution in [3.63, 3.8) is 0 Å². The fraction of sp³-hybridized carbons (Fsp3) is 0.458. The van der Waals surface area contributed by atoms with Gasteiger partial charge in [0.1, 0.15) is 13.2 Å². The molecule has 2 saturated carbocycles. The van der Waals surface area contributed by atoms with Crippen LogP contribution < -0.4 is 14.2 Å². The summed E-state index contributed by atoms with van der Waals surface area (Å²) in [6.45, 7) is 0.823. The number of anilines is 1. The Morgan fingerprint density at radius 2 is 1.59 bits per heavy atom. The van der Waals surface area contributed by atoms with Gasteiger partial charge in [-0.1, -0.05) is 25.3 Å². The first-order chi connectivity index (χ1) is 15.5. The van der Waals surface area contributed by atoms with Gasteiger partial charge in [0.2, 0.25) is 0 Å². The fourth-order valence-electron chi connectivity index (χ4n) is 4.61. The van der Waals surface area contributed by atoms with E-state index in [1.165, 1.54) is 18.6 Å². The number of carbonyl (C=O) groups is 1. The lowest BCUT2D eigenvalue weighted by Crippen LogP contribution is -2.43. The molecule has 0 atom stereocenters. The van der Waals surface area contributed by atoms with Crippen molar-refractivity contribution < 1.29 is 22.7 Å². The van der Waals surface area contributed by atoms with Crippen LogP contribution in [0.25, 0.3) is 0 Å². The molecule has 1 amide bonds. The van der Waals surface area contributed by atoms with Crippen LogP contribution in [-0.2, 0) is 10.0 Å². The summed E-state index contributed by atoms with van der Waals surface area (Å²) in [6.07, 6.45) is 7.78. The van der Waals surface area contributed by atoms with Gasteiger partial charge >= 0.3 is 0 Å². The van der Waals surface area contributed by atoms with Crippen LogP contribution in [0.1, 0.15) is 55.3 Å². The standard InChI is InChI=1S/C24H28N2O5S/c27-24(26(20-9-10-20)19-7-2-1-3-8-19)17-5-4-6-18(15-17)25-32(28,29)21-11-12-22-23(16-21)31-14-13-30-22/h4-6,11-12,15-16,19-20,25H,1-3,7-10,13-14H2. The van der Waals surface area contributed by atoms with E-state index in [2.05, 4.69) is 9.62 Å². The quantitative estimate of drug-likeness (QED) is 0.704. The van der Waals surface area contributed by atoms with Crippen molar-refractivity contribution >= 4 is 21.6 Å². The lowest BCUT2D eigenvalue weighted by molar-refractivity contribution is 0.0614. The molecule has 2 aliphatic carbocycles. The molecule has 8 heteroatoms. The Balaban J connectivity index is 1.36. The topological polar surface area (TPSA) is 84.9 Å². The fourth-order valence-corrected chi connectivity index (χ4v) is 5.68. The zero-order valence-corrected chi connectivity index (χ0v) is 18.8. The molecule has 0 unspecified atom stereocenters. The second-order valence-corrected chi connectivity index (χ2v) is 10.4. The molecule has 170 valence electrons. The predicted molar refractivity (Wildman–Crippen MR) is 121 cm³/mol. The number of amides is 1. The summed E-state index contributed by atoms with van der Waals surface area (Å²) in [5, 5.41) is 0. The van der Waals surface area contributed by atoms with E-state index in [0.717, 1.165) is 38.5 Å². The number of fused-ring (bicyclic) bond motifs is 1. The third kappa shape index (κ3) is 4.41. The van der Waals surface area contributed by atoms with Crippen molar-refractivity contribution in [3.8, 4) is 11.5 Å². The lowest BCUT2D eigenvalue weighted by Gasteiger charge is -2.34. The Bertz CT molecular complexity index is 1110. The number of carbonyl (C=O) groups excluding carboxylic acids is 1. The highest BCUT2D eigenvalue weighted by Gasteiger charge is 2.38. The van der Waals surface area contributed by atoms with Crippen LogP contribution in [0.3, 0.4) is 0 Å². The number of hydrogen-bond acceptors (Lipinski definition) is 5. The monoisotopic (exact) mass is 456 g/mol. The second kappa shape index (κ2) is 8.65. The van der Waals surface area contributed by atoms with Crippen molar-refractivity contribution in [2.45, 2.75) is 61.9 Å². The highest BCUT2D eigenvalue weighted by molar-refractivity contribution is 7.92. The third-order valence-electron chi connectivity index (χ3n) is 6.33. The van der Waals surface area contributed by atoms with Gasteiger partial charge in [0.15, 0.2) is 11.5 Å². The molecule has 1 N–H and O–H groups in total. The minimum absolute atomic E-state index is 0.000206. The normalized spacial score (nSPS) is 18.8. The van der Waals surface area contributed by atoms with Crippen LogP contribution in [0.5, 0.6) is 11.5 Å². The van der Waals surface area contributed by atoms with E-state index in [-0.39, 0.29) is 10.8 Å². The van der Waals surface area contributed by atoms with Gasteiger partial charge in [-0.3, -0.25) is 9.52 Å². The minimum atomic E-state index is -3.84. The molecular weight excluding hydrogens is 428 g/mol. The summed E-state index contributed by atoms with van der Waals surface area (Å²) >= 11 is 0. The summed E-state index contributed by atoms with van der Waals surface area (Å²) in [7, 11) is -3.84. The molecule has 1 heterocycles. The Hall–Kier alpha value is -2.74. The first kappa shape index (κ1) is 21.1. The number of hydrogen-bond donors (Lipinski definition) is 1. The summed E-state index contributed by atoms with van der Waals surface area (Å²) < 4.78 is 39.5. The molecule has 1 aliphatic heterocycles. The Labute approximate surface area is 188 Å². The zero-order valence-electron chi connectivity index (χ0n) is 18.0. The van der Waals surface area contributed by atoms with Crippen molar-refractivity contribution in [2.24, 2.45) is 0 Å². The van der Waals surface area contributed by atoms with Crippen molar-refractivity contribution in [1.82, 2.24) is 4.90 Å². The van der Waals surface area contributed by atoms with Gasteiger partial charge in [-0.05, 0) is 56.0 Å². The molecule has 2 fully saturated rings. The van der Waals surface area contributed by atoms with Gasteiger partial charge in [-0.2, -0.15) is 0 Å². The van der Waals surface area contributed by atoms with Gasteiger partial charge in [0.05, 0.1) is 4.90 Å². The van der Waals surface area contributed by atoms with Crippen molar-refractivity contribution in [1.29, 1.82) is 0 Å². The Morgan fingerprint density at radius 1 is 0.875 bits per heavy atom. The van der Waals surface area contributed by atoms with E-state index in [1.54, 1.807) is 30.3 Å². The number of ether oxygens (including phenoxy) is 2. The van der Waals surface area contributed by atoms with E-state index >= 15 is 0 Å². The number of nitrogens with one attached hydrogen (secondary N) is 1. The predicted octanol–water partition coefficient (Wildman–Crippen LogP) is 4.20. The van der Waals surface area contributed by atoms with Crippen LogP contribution in [0.15, 0.2) is 47.4 Å². The smallest absolute Gasteiger partial charge is 0.262 e. The molecule has 0 bridgehead atoms. The number of rotatable bonds is 6. The molecule has 0 radical (unpaired) electrons. The molecule has 0 aromatic heterocycles. The van der Waals surface area contributed by atoms with E-state index < -0.39 is 10.0 Å². The second-order valence-electron chi connectivity index (χ2n) is 8.73. The Kier molecular flexibility index (Phi) is 5.71. The van der Waals surface area contributed by atoms with Gasteiger partial charge in [0.25, 0.3) is 15.9 Å². The average Bonchev–Trinajstić information content (AvgIpc) is 3.64. The zero-order chi connectivity index (χ0) is 22.1. The summed E-state index contributed by atoms with van der Waals surface area (Å²) in [5.74, 6) is 0.945. The van der Waals surface area contributed by atoms with Crippen molar-refractivity contribution in [3.05, 3.63) is 48.0 Å². The van der Waals surface area contributed by atoms with E-state index in [9.17, 15) is 13.2 Å². The van der Waals surface area contributed by atoms with Crippen LogP contribution in [0.4, 0.5) is 5.69 Å². The highest BCUT2D eigenvalue weighted by atomic mass is 32.2. The van der Waals surface area contributed by atoms with Crippen LogP contribution in [-0.4, -0.2) is 44.5 Å². The SMILES string of the molecule is O=C(c1cccc(NS(=O)(=O)c2ccc3c(c2)OCCO3)c1)N(C1CCCCC1)C1CC1. The molecule has 0 saturated heterocycles. The van der Waals surface area contributed by atoms with Gasteiger partial charge in [-0.25, -0.2) is 8.42 Å². The minimum Gasteiger partial charge on any atom is -0.486 e. The van der Waals surface area contributed by atoms with Crippen LogP contribution in [0.2, 0.25) is 0 Å². The van der Waals surface area contributed by atoms with Gasteiger partial charge in [0, 0.05) is 29.4 Å². The Morgan fingerprint density at radius 3 is 2.34 bits per heavy atom. The highest BCUT2D eigenvalue weighted by Crippen LogP contribution is 2.36. The largest absolute Gasteiger partial charge is 0.486 e. The summed E-state index contributed by atoms with van der Waals surface area (Å²) in [6, 6.07) is 12.0. The molecule has 7 nitrogen and oxygen atoms in total. The third-order valence-corrected chi connectivity index (χ3v) is 7.71. The average molecular weight is 457 g/mol. The van der Waals surface area contributed by atoms with Gasteiger partial charge in [-0.15, -0.1) is 0 Å². The molecule has 2 aromatic carbocycles. The summed E-state index contributed by atoms with van der Waals surface area (Å²) in [5.41, 5.74) is 0.884. The first-order valence-electron chi connectivity index (χ1n) is 11.4. The van der Waals surface area contributed by atoms with E-state index in [4.69, 9.17) is 9.47 Å². The maximum Gasteiger partial charge on any atom is 0.262 e. The van der Waals surface area contributed by atoms with Gasteiger partial charge < -0.3 is 14.4 Å². The van der Waals surface area contributed by atoms with Crippen LogP contribution in [0, 0.1) is 0 Å². The first-order valence-corrected chi connectivity index (χ1v) is 12.8. The molecular formula is C24H28N2O5S. The molecule has 0 spiro atoms. The maximum atomic E-state index is 13.4. The summed E-state index contributed by atoms with van der Waals surface area (Å²) in [4.78, 5) is 15.5. The van der Waals surface area contributed by atoms with Crippen molar-refractivity contribution in [2.75, 3.05) is 17.9 Å².